The molecule has 0 bridgehead atoms. The fourth-order valence-electron chi connectivity index (χ4n) is 4.34. The van der Waals surface area contributed by atoms with Gasteiger partial charge in [0.1, 0.15) is 0 Å². The highest BCUT2D eigenvalue weighted by Crippen LogP contribution is 2.43. The van der Waals surface area contributed by atoms with Crippen molar-refractivity contribution < 1.29 is 5.11 Å². The van der Waals surface area contributed by atoms with Crippen LogP contribution in [0.4, 0.5) is 0 Å². The average Bonchev–Trinajstić information content (AvgIpc) is 2.61. The maximum absolute atomic E-state index is 11.0. The van der Waals surface area contributed by atoms with Crippen molar-refractivity contribution in [2.45, 2.75) is 90.1 Å². The molecule has 1 heteroatoms. The minimum atomic E-state index is -0.303. The molecule has 18 heavy (non-hydrogen) atoms. The smallest absolute Gasteiger partial charge is 0.0675 e. The number of rotatable bonds is 3. The molecule has 0 heterocycles. The molecular weight excluding hydrogens is 220 g/mol. The second-order valence-corrected chi connectivity index (χ2v) is 6.93. The molecule has 0 aromatic carbocycles. The van der Waals surface area contributed by atoms with Crippen LogP contribution in [0.2, 0.25) is 0 Å². The van der Waals surface area contributed by atoms with Crippen molar-refractivity contribution in [2.24, 2.45) is 17.8 Å². The van der Waals surface area contributed by atoms with Crippen molar-refractivity contribution in [3.63, 3.8) is 0 Å². The molecule has 0 aromatic rings. The Hall–Kier alpha value is -0.0400. The third-order valence-corrected chi connectivity index (χ3v) is 5.97. The molecule has 0 radical (unpaired) electrons. The summed E-state index contributed by atoms with van der Waals surface area (Å²) in [5, 5.41) is 11.0. The lowest BCUT2D eigenvalue weighted by Crippen LogP contribution is -2.39. The Balaban J connectivity index is 1.90. The van der Waals surface area contributed by atoms with E-state index in [0.29, 0.717) is 5.92 Å². The van der Waals surface area contributed by atoms with Crippen LogP contribution < -0.4 is 0 Å². The summed E-state index contributed by atoms with van der Waals surface area (Å²) >= 11 is 0. The van der Waals surface area contributed by atoms with Gasteiger partial charge in [0.2, 0.25) is 0 Å². The molecule has 2 atom stereocenters. The van der Waals surface area contributed by atoms with Gasteiger partial charge in [-0.25, -0.2) is 0 Å². The first-order valence-electron chi connectivity index (χ1n) is 8.40. The van der Waals surface area contributed by atoms with Crippen molar-refractivity contribution in [3.05, 3.63) is 0 Å². The minimum absolute atomic E-state index is 0.303. The van der Waals surface area contributed by atoms with E-state index in [1.807, 2.05) is 0 Å². The highest BCUT2D eigenvalue weighted by molar-refractivity contribution is 4.91. The molecule has 2 rings (SSSR count). The Morgan fingerprint density at radius 3 is 2.06 bits per heavy atom. The zero-order valence-electron chi connectivity index (χ0n) is 12.5. The van der Waals surface area contributed by atoms with Crippen LogP contribution in [-0.2, 0) is 0 Å². The SMILES string of the molecule is CCC1CCC(C2(O)CCCC(CC)CC2)CC1. The van der Waals surface area contributed by atoms with Crippen LogP contribution in [0.25, 0.3) is 0 Å². The maximum Gasteiger partial charge on any atom is 0.0675 e. The van der Waals surface area contributed by atoms with Crippen molar-refractivity contribution >= 4 is 0 Å². The standard InChI is InChI=1S/C17H32O/c1-3-14-6-5-12-17(18,13-11-14)16-9-7-15(4-2)8-10-16/h14-16,18H,3-13H2,1-2H3. The Bertz CT molecular complexity index is 242. The van der Waals surface area contributed by atoms with E-state index in [0.717, 1.165) is 24.7 Å². The fraction of sp³-hybridized carbons (Fsp3) is 1.00. The van der Waals surface area contributed by atoms with Gasteiger partial charge in [0.05, 0.1) is 5.60 Å². The summed E-state index contributed by atoms with van der Waals surface area (Å²) in [6.45, 7) is 4.62. The Labute approximate surface area is 113 Å². The third-order valence-electron chi connectivity index (χ3n) is 5.97. The van der Waals surface area contributed by atoms with Crippen molar-refractivity contribution in [1.29, 1.82) is 0 Å². The fourth-order valence-corrected chi connectivity index (χ4v) is 4.34. The average molecular weight is 252 g/mol. The molecule has 0 spiro atoms. The monoisotopic (exact) mass is 252 g/mol. The summed E-state index contributed by atoms with van der Waals surface area (Å²) in [4.78, 5) is 0. The van der Waals surface area contributed by atoms with Crippen LogP contribution in [0.1, 0.15) is 84.5 Å². The van der Waals surface area contributed by atoms with Gasteiger partial charge in [-0.1, -0.05) is 52.4 Å². The van der Waals surface area contributed by atoms with E-state index in [4.69, 9.17) is 0 Å². The summed E-state index contributed by atoms with van der Waals surface area (Å²) in [7, 11) is 0. The van der Waals surface area contributed by atoms with E-state index >= 15 is 0 Å². The Morgan fingerprint density at radius 1 is 0.833 bits per heavy atom. The van der Waals surface area contributed by atoms with Crippen molar-refractivity contribution in [3.8, 4) is 0 Å². The molecule has 2 aliphatic carbocycles. The molecular formula is C17H32O. The van der Waals surface area contributed by atoms with Gasteiger partial charge in [0.15, 0.2) is 0 Å². The van der Waals surface area contributed by atoms with Gasteiger partial charge in [-0.05, 0) is 49.9 Å². The van der Waals surface area contributed by atoms with E-state index < -0.39 is 0 Å². The van der Waals surface area contributed by atoms with Gasteiger partial charge in [-0.15, -0.1) is 0 Å². The van der Waals surface area contributed by atoms with Crippen LogP contribution in [0.5, 0.6) is 0 Å². The molecule has 0 amide bonds. The summed E-state index contributed by atoms with van der Waals surface area (Å²) in [6, 6.07) is 0. The normalized spacial score (nSPS) is 42.5. The number of hydrogen-bond donors (Lipinski definition) is 1. The van der Waals surface area contributed by atoms with Crippen LogP contribution in [0, 0.1) is 17.8 Å². The zero-order chi connectivity index (χ0) is 13.0. The number of hydrogen-bond acceptors (Lipinski definition) is 1. The molecule has 0 saturated heterocycles. The molecule has 0 aliphatic heterocycles. The summed E-state index contributed by atoms with van der Waals surface area (Å²) in [5.74, 6) is 2.43. The van der Waals surface area contributed by atoms with E-state index in [2.05, 4.69) is 13.8 Å². The van der Waals surface area contributed by atoms with E-state index in [9.17, 15) is 5.11 Å². The van der Waals surface area contributed by atoms with Crippen molar-refractivity contribution in [1.82, 2.24) is 0 Å². The molecule has 106 valence electrons. The zero-order valence-corrected chi connectivity index (χ0v) is 12.5. The van der Waals surface area contributed by atoms with Crippen LogP contribution in [-0.4, -0.2) is 10.7 Å². The predicted octanol–water partition coefficient (Wildman–Crippen LogP) is 4.92. The summed E-state index contributed by atoms with van der Waals surface area (Å²) in [6.07, 6.45) is 13.9. The second kappa shape index (κ2) is 6.41. The Morgan fingerprint density at radius 2 is 1.44 bits per heavy atom. The van der Waals surface area contributed by atoms with Gasteiger partial charge < -0.3 is 5.11 Å². The highest BCUT2D eigenvalue weighted by Gasteiger charge is 2.39. The summed E-state index contributed by atoms with van der Waals surface area (Å²) < 4.78 is 0. The molecule has 0 aromatic heterocycles. The molecule has 1 nitrogen and oxygen atoms in total. The first-order chi connectivity index (χ1) is 8.68. The van der Waals surface area contributed by atoms with E-state index in [-0.39, 0.29) is 5.60 Å². The van der Waals surface area contributed by atoms with Gasteiger partial charge in [0.25, 0.3) is 0 Å². The predicted molar refractivity (Wildman–Crippen MR) is 77.6 cm³/mol. The quantitative estimate of drug-likeness (QED) is 0.707. The van der Waals surface area contributed by atoms with Gasteiger partial charge in [0, 0.05) is 0 Å². The first-order valence-corrected chi connectivity index (χ1v) is 8.40. The van der Waals surface area contributed by atoms with Gasteiger partial charge in [-0.2, -0.15) is 0 Å². The molecule has 1 N–H and O–H groups in total. The summed E-state index contributed by atoms with van der Waals surface area (Å²) in [5.41, 5.74) is -0.303. The van der Waals surface area contributed by atoms with Gasteiger partial charge in [-0.3, -0.25) is 0 Å². The largest absolute Gasteiger partial charge is 0.390 e. The Kier molecular flexibility index (Phi) is 5.12. The molecule has 2 saturated carbocycles. The maximum atomic E-state index is 11.0. The van der Waals surface area contributed by atoms with E-state index in [1.165, 1.54) is 57.8 Å². The first kappa shape index (κ1) is 14.4. The van der Waals surface area contributed by atoms with E-state index in [1.54, 1.807) is 0 Å². The molecule has 2 fully saturated rings. The van der Waals surface area contributed by atoms with Crippen LogP contribution >= 0.6 is 0 Å². The minimum Gasteiger partial charge on any atom is -0.390 e. The lowest BCUT2D eigenvalue weighted by atomic mass is 9.70. The topological polar surface area (TPSA) is 20.2 Å². The highest BCUT2D eigenvalue weighted by atomic mass is 16.3. The molecule has 2 aliphatic rings. The lowest BCUT2D eigenvalue weighted by Gasteiger charge is -2.40. The second-order valence-electron chi connectivity index (χ2n) is 6.93. The van der Waals surface area contributed by atoms with Crippen molar-refractivity contribution in [2.75, 3.05) is 0 Å². The van der Waals surface area contributed by atoms with Crippen LogP contribution in [0.3, 0.4) is 0 Å². The van der Waals surface area contributed by atoms with Gasteiger partial charge >= 0.3 is 0 Å². The number of aliphatic hydroxyl groups is 1. The van der Waals surface area contributed by atoms with Crippen LogP contribution in [0.15, 0.2) is 0 Å². The molecule has 2 unspecified atom stereocenters. The lowest BCUT2D eigenvalue weighted by molar-refractivity contribution is -0.0509. The third kappa shape index (κ3) is 3.29.